The van der Waals surface area contributed by atoms with E-state index < -0.39 is 0 Å². The van der Waals surface area contributed by atoms with E-state index in [4.69, 9.17) is 8.83 Å². The number of anilines is 3. The molecule has 0 radical (unpaired) electrons. The minimum Gasteiger partial charge on any atom is -0.456 e. The van der Waals surface area contributed by atoms with E-state index in [2.05, 4.69) is 205 Å². The zero-order chi connectivity index (χ0) is 40.3. The zero-order valence-electron chi connectivity index (χ0n) is 33.1. The molecule has 0 aliphatic heterocycles. The molecule has 0 saturated heterocycles. The molecule has 0 amide bonds. The maximum Gasteiger partial charge on any atom is 0.136 e. The lowest BCUT2D eigenvalue weighted by molar-refractivity contribution is 0.668. The molecule has 0 saturated carbocycles. The highest BCUT2D eigenvalue weighted by Gasteiger charge is 2.21. The third-order valence-electron chi connectivity index (χ3n) is 12.1. The van der Waals surface area contributed by atoms with Gasteiger partial charge < -0.3 is 13.7 Å². The van der Waals surface area contributed by atoms with Crippen LogP contribution in [-0.2, 0) is 0 Å². The van der Waals surface area contributed by atoms with Crippen LogP contribution < -0.4 is 4.90 Å². The van der Waals surface area contributed by atoms with Crippen molar-refractivity contribution in [3.05, 3.63) is 224 Å². The largest absolute Gasteiger partial charge is 0.456 e. The van der Waals surface area contributed by atoms with Gasteiger partial charge in [-0.15, -0.1) is 0 Å². The van der Waals surface area contributed by atoms with Gasteiger partial charge in [0.2, 0.25) is 0 Å². The van der Waals surface area contributed by atoms with Crippen molar-refractivity contribution >= 4 is 71.7 Å². The average molecular weight is 780 g/mol. The Bertz CT molecular complexity index is 3570. The van der Waals surface area contributed by atoms with Gasteiger partial charge in [-0.05, 0) is 110 Å². The third kappa shape index (κ3) is 5.90. The van der Waals surface area contributed by atoms with Gasteiger partial charge in [-0.25, -0.2) is 0 Å². The molecular weight excluding hydrogens is 743 g/mol. The maximum absolute atomic E-state index is 6.28. The molecule has 0 fully saturated rings. The summed E-state index contributed by atoms with van der Waals surface area (Å²) in [6.07, 6.45) is 0. The topological polar surface area (TPSA) is 29.5 Å². The summed E-state index contributed by atoms with van der Waals surface area (Å²) in [6.45, 7) is 0. The zero-order valence-corrected chi connectivity index (χ0v) is 33.1. The number of fused-ring (bicyclic) bond motifs is 7. The molecule has 0 N–H and O–H groups in total. The van der Waals surface area contributed by atoms with Gasteiger partial charge in [-0.3, -0.25) is 0 Å². The molecule has 0 spiro atoms. The van der Waals surface area contributed by atoms with Crippen LogP contribution in [-0.4, -0.2) is 0 Å². The summed E-state index contributed by atoms with van der Waals surface area (Å²) in [5.41, 5.74) is 16.0. The second-order valence-electron chi connectivity index (χ2n) is 15.6. The van der Waals surface area contributed by atoms with Crippen LogP contribution in [0.4, 0.5) is 17.1 Å². The molecule has 0 atom stereocenters. The van der Waals surface area contributed by atoms with Crippen LogP contribution in [0.3, 0.4) is 0 Å². The summed E-state index contributed by atoms with van der Waals surface area (Å²) in [7, 11) is 0. The van der Waals surface area contributed by atoms with E-state index in [0.29, 0.717) is 0 Å². The quantitative estimate of drug-likeness (QED) is 0.161. The molecule has 12 aromatic rings. The predicted molar refractivity (Wildman–Crippen MR) is 255 cm³/mol. The monoisotopic (exact) mass is 779 g/mol. The van der Waals surface area contributed by atoms with E-state index in [1.807, 2.05) is 24.3 Å². The van der Waals surface area contributed by atoms with Gasteiger partial charge in [0.1, 0.15) is 22.3 Å². The average Bonchev–Trinajstić information content (AvgIpc) is 3.90. The van der Waals surface area contributed by atoms with Crippen LogP contribution in [0.25, 0.3) is 99.2 Å². The first-order valence-corrected chi connectivity index (χ1v) is 20.7. The van der Waals surface area contributed by atoms with Crippen molar-refractivity contribution in [3.8, 4) is 44.5 Å². The maximum atomic E-state index is 6.28. The highest BCUT2D eigenvalue weighted by atomic mass is 16.3. The van der Waals surface area contributed by atoms with Crippen molar-refractivity contribution in [3.63, 3.8) is 0 Å². The van der Waals surface area contributed by atoms with Crippen molar-refractivity contribution in [1.82, 2.24) is 0 Å². The molecule has 0 bridgehead atoms. The van der Waals surface area contributed by atoms with Crippen molar-refractivity contribution in [2.45, 2.75) is 0 Å². The summed E-state index contributed by atoms with van der Waals surface area (Å²) in [4.78, 5) is 2.39. The number of hydrogen-bond acceptors (Lipinski definition) is 3. The molecule has 2 heterocycles. The molecule has 3 heteroatoms. The SMILES string of the molecule is c1ccc(-c2cccc3cccc(-c4ccccc4N(c4ccc(-c5ccc6c(c5)oc5ccccc56)cc4)c4ccc(-c5cccc6oc7ccccc7c56)cc4)c23)cc1. The number of para-hydroxylation sites is 3. The third-order valence-corrected chi connectivity index (χ3v) is 12.1. The number of hydrogen-bond donors (Lipinski definition) is 0. The Morgan fingerprint density at radius 1 is 0.279 bits per heavy atom. The molecule has 61 heavy (non-hydrogen) atoms. The molecule has 286 valence electrons. The molecule has 2 aromatic heterocycles. The summed E-state index contributed by atoms with van der Waals surface area (Å²) in [5.74, 6) is 0. The molecule has 3 nitrogen and oxygen atoms in total. The molecule has 0 aliphatic rings. The fourth-order valence-corrected chi connectivity index (χ4v) is 9.26. The van der Waals surface area contributed by atoms with Gasteiger partial charge in [0, 0.05) is 38.5 Å². The van der Waals surface area contributed by atoms with Crippen molar-refractivity contribution in [2.24, 2.45) is 0 Å². The van der Waals surface area contributed by atoms with Crippen LogP contribution >= 0.6 is 0 Å². The molecule has 0 unspecified atom stereocenters. The Morgan fingerprint density at radius 2 is 0.787 bits per heavy atom. The second kappa shape index (κ2) is 14.3. The van der Waals surface area contributed by atoms with Gasteiger partial charge in [0.15, 0.2) is 0 Å². The van der Waals surface area contributed by atoms with E-state index in [-0.39, 0.29) is 0 Å². The molecular formula is C58H37NO2. The lowest BCUT2D eigenvalue weighted by Gasteiger charge is -2.29. The summed E-state index contributed by atoms with van der Waals surface area (Å²) in [6, 6.07) is 80.1. The smallest absolute Gasteiger partial charge is 0.136 e. The Kier molecular flexibility index (Phi) is 8.17. The number of benzene rings is 10. The number of nitrogens with zero attached hydrogens (tertiary/aromatic N) is 1. The lowest BCUT2D eigenvalue weighted by atomic mass is 9.90. The fourth-order valence-electron chi connectivity index (χ4n) is 9.26. The summed E-state index contributed by atoms with van der Waals surface area (Å²) >= 11 is 0. The highest BCUT2D eigenvalue weighted by Crippen LogP contribution is 2.46. The molecule has 12 rings (SSSR count). The van der Waals surface area contributed by atoms with Crippen LogP contribution in [0.2, 0.25) is 0 Å². The minimum atomic E-state index is 0.891. The Balaban J connectivity index is 1.02. The first kappa shape index (κ1) is 34.9. The molecule has 10 aromatic carbocycles. The van der Waals surface area contributed by atoms with Crippen LogP contribution in [0.5, 0.6) is 0 Å². The number of rotatable bonds is 7. The van der Waals surface area contributed by atoms with E-state index in [9.17, 15) is 0 Å². The van der Waals surface area contributed by atoms with Crippen molar-refractivity contribution < 1.29 is 8.83 Å². The standard InChI is InChI=1S/C58H37NO2/c1-2-13-39(14-3-1)45-20-10-15-41-16-11-22-50(57(41)45)47-17-4-7-23-52(47)59(43-32-27-38(28-33-43)42-31-36-49-48-18-5-8-24-53(48)61-56(49)37-42)44-34-29-40(30-35-44)46-21-12-26-55-58(46)51-19-6-9-25-54(51)60-55/h1-37H. The first-order valence-electron chi connectivity index (χ1n) is 20.7. The lowest BCUT2D eigenvalue weighted by Crippen LogP contribution is -2.11. The number of furan rings is 2. The van der Waals surface area contributed by atoms with E-state index in [0.717, 1.165) is 88.8 Å². The van der Waals surface area contributed by atoms with E-state index in [1.165, 1.54) is 27.5 Å². The van der Waals surface area contributed by atoms with E-state index >= 15 is 0 Å². The van der Waals surface area contributed by atoms with Crippen LogP contribution in [0, 0.1) is 0 Å². The first-order chi connectivity index (χ1) is 30.2. The second-order valence-corrected chi connectivity index (χ2v) is 15.6. The summed E-state index contributed by atoms with van der Waals surface area (Å²) in [5, 5.41) is 6.96. The normalized spacial score (nSPS) is 11.6. The van der Waals surface area contributed by atoms with Crippen molar-refractivity contribution in [2.75, 3.05) is 4.90 Å². The van der Waals surface area contributed by atoms with Gasteiger partial charge in [0.05, 0.1) is 5.69 Å². The molecule has 0 aliphatic carbocycles. The van der Waals surface area contributed by atoms with Crippen LogP contribution in [0.15, 0.2) is 233 Å². The fraction of sp³-hybridized carbons (Fsp3) is 0. The Morgan fingerprint density at radius 3 is 1.56 bits per heavy atom. The predicted octanol–water partition coefficient (Wildman–Crippen LogP) is 16.8. The van der Waals surface area contributed by atoms with Gasteiger partial charge in [-0.1, -0.05) is 164 Å². The van der Waals surface area contributed by atoms with Gasteiger partial charge in [-0.2, -0.15) is 0 Å². The van der Waals surface area contributed by atoms with E-state index in [1.54, 1.807) is 0 Å². The van der Waals surface area contributed by atoms with Crippen molar-refractivity contribution in [1.29, 1.82) is 0 Å². The van der Waals surface area contributed by atoms with Gasteiger partial charge >= 0.3 is 0 Å². The Labute approximate surface area is 353 Å². The highest BCUT2D eigenvalue weighted by molar-refractivity contribution is 6.13. The summed E-state index contributed by atoms with van der Waals surface area (Å²) < 4.78 is 12.6. The minimum absolute atomic E-state index is 0.891. The van der Waals surface area contributed by atoms with Crippen LogP contribution in [0.1, 0.15) is 0 Å². The van der Waals surface area contributed by atoms with Gasteiger partial charge in [0.25, 0.3) is 0 Å². The Hall–Kier alpha value is -8.14.